The molecule has 0 radical (unpaired) electrons. The largest absolute Gasteiger partial charge is 0.336 e. The van der Waals surface area contributed by atoms with Crippen molar-refractivity contribution in [2.45, 2.75) is 34.2 Å². The van der Waals surface area contributed by atoms with E-state index in [0.717, 1.165) is 29.3 Å². The van der Waals surface area contributed by atoms with Crippen molar-refractivity contribution in [3.05, 3.63) is 95.1 Å². The van der Waals surface area contributed by atoms with Crippen LogP contribution in [0.1, 0.15) is 28.3 Å². The molecule has 0 spiro atoms. The van der Waals surface area contributed by atoms with Gasteiger partial charge in [0, 0.05) is 50.9 Å². The molecule has 0 aliphatic carbocycles. The Kier molecular flexibility index (Phi) is 4.66. The molecule has 168 valence electrons. The molecule has 3 heterocycles. The van der Waals surface area contributed by atoms with Gasteiger partial charge in [-0.2, -0.15) is 10.2 Å². The van der Waals surface area contributed by atoms with Gasteiger partial charge in [-0.15, -0.1) is 0 Å². The van der Waals surface area contributed by atoms with Crippen molar-refractivity contribution in [2.75, 3.05) is 0 Å². The van der Waals surface area contributed by atoms with E-state index in [9.17, 15) is 0 Å². The maximum absolute atomic E-state index is 4.42. The summed E-state index contributed by atoms with van der Waals surface area (Å²) in [5.41, 5.74) is 12.7. The van der Waals surface area contributed by atoms with Crippen LogP contribution in [0.4, 0.5) is 0 Å². The van der Waals surface area contributed by atoms with Crippen LogP contribution in [0.5, 0.6) is 0 Å². The highest BCUT2D eigenvalue weighted by Crippen LogP contribution is 2.37. The summed E-state index contributed by atoms with van der Waals surface area (Å²) in [4.78, 5) is 0. The molecule has 6 rings (SSSR count). The summed E-state index contributed by atoms with van der Waals surface area (Å²) >= 11 is 0. The van der Waals surface area contributed by atoms with Crippen LogP contribution in [-0.4, -0.2) is 25.0 Å². The second-order valence-corrected chi connectivity index (χ2v) is 9.15. The second-order valence-electron chi connectivity index (χ2n) is 9.15. The Morgan fingerprint density at radius 1 is 0.647 bits per heavy atom. The van der Waals surface area contributed by atoms with Gasteiger partial charge in [0.2, 0.25) is 0 Å². The number of hydrogen-bond acceptors (Lipinski definition) is 2. The molecule has 0 bridgehead atoms. The highest BCUT2D eigenvalue weighted by atomic mass is 15.1. The van der Waals surface area contributed by atoms with E-state index in [4.69, 9.17) is 0 Å². The van der Waals surface area contributed by atoms with E-state index in [1.165, 1.54) is 49.6 Å². The number of nitrogens with one attached hydrogen (secondary N) is 2. The van der Waals surface area contributed by atoms with E-state index in [0.29, 0.717) is 0 Å². The van der Waals surface area contributed by atoms with Crippen LogP contribution in [-0.2, 0) is 6.54 Å². The van der Waals surface area contributed by atoms with Crippen LogP contribution in [0.2, 0.25) is 0 Å². The number of nitrogens with zero attached hydrogens (tertiary/aromatic N) is 3. The summed E-state index contributed by atoms with van der Waals surface area (Å²) < 4.78 is 2.43. The van der Waals surface area contributed by atoms with Crippen LogP contribution in [0.3, 0.4) is 0 Å². The molecular weight excluding hydrogens is 418 g/mol. The Balaban J connectivity index is 1.63. The van der Waals surface area contributed by atoms with Crippen LogP contribution >= 0.6 is 0 Å². The van der Waals surface area contributed by atoms with Crippen molar-refractivity contribution >= 4 is 21.8 Å². The van der Waals surface area contributed by atoms with Gasteiger partial charge < -0.3 is 4.57 Å². The van der Waals surface area contributed by atoms with Gasteiger partial charge in [-0.25, -0.2) is 0 Å². The minimum absolute atomic E-state index is 0.826. The summed E-state index contributed by atoms with van der Waals surface area (Å²) in [5.74, 6) is 0. The normalized spacial score (nSPS) is 11.6. The SMILES string of the molecule is Cc1n[nH]c(C)c1-c1ccc2c(c1)c1cc(-c3c(C)n[nH]c3C)ccc1n2Cc1ccccc1. The highest BCUT2D eigenvalue weighted by molar-refractivity contribution is 6.10. The lowest BCUT2D eigenvalue weighted by Gasteiger charge is -2.09. The zero-order chi connectivity index (χ0) is 23.4. The molecular formula is C29H27N5. The minimum Gasteiger partial charge on any atom is -0.336 e. The molecule has 0 unspecified atom stereocenters. The molecule has 0 saturated heterocycles. The van der Waals surface area contributed by atoms with Crippen molar-refractivity contribution in [3.63, 3.8) is 0 Å². The number of aromatic amines is 2. The third-order valence-electron chi connectivity index (χ3n) is 6.88. The molecule has 2 N–H and O–H groups in total. The monoisotopic (exact) mass is 445 g/mol. The van der Waals surface area contributed by atoms with Gasteiger partial charge in [0.05, 0.1) is 11.4 Å². The Morgan fingerprint density at radius 2 is 1.15 bits per heavy atom. The first-order valence-electron chi connectivity index (χ1n) is 11.6. The van der Waals surface area contributed by atoms with Crippen molar-refractivity contribution in [2.24, 2.45) is 0 Å². The van der Waals surface area contributed by atoms with Gasteiger partial charge >= 0.3 is 0 Å². The fourth-order valence-corrected chi connectivity index (χ4v) is 5.30. The van der Waals surface area contributed by atoms with Gasteiger partial charge in [0.25, 0.3) is 0 Å². The Labute approximate surface area is 198 Å². The molecule has 34 heavy (non-hydrogen) atoms. The van der Waals surface area contributed by atoms with Crippen LogP contribution < -0.4 is 0 Å². The van der Waals surface area contributed by atoms with Crippen molar-refractivity contribution in [1.82, 2.24) is 25.0 Å². The van der Waals surface area contributed by atoms with E-state index in [1.807, 2.05) is 0 Å². The summed E-state index contributed by atoms with van der Waals surface area (Å²) in [6, 6.07) is 24.3. The van der Waals surface area contributed by atoms with Crippen molar-refractivity contribution in [3.8, 4) is 22.3 Å². The average molecular weight is 446 g/mol. The maximum Gasteiger partial charge on any atom is 0.0672 e. The zero-order valence-electron chi connectivity index (χ0n) is 19.9. The summed E-state index contributed by atoms with van der Waals surface area (Å²) in [5, 5.41) is 17.6. The van der Waals surface area contributed by atoms with Gasteiger partial charge in [0.15, 0.2) is 0 Å². The molecule has 0 amide bonds. The smallest absolute Gasteiger partial charge is 0.0672 e. The Morgan fingerprint density at radius 3 is 1.59 bits per heavy atom. The Hall–Kier alpha value is -4.12. The number of benzene rings is 3. The summed E-state index contributed by atoms with van der Waals surface area (Å²) in [6.07, 6.45) is 0. The molecule has 0 fully saturated rings. The standard InChI is InChI=1S/C29H27N5/c1-17-28(18(2)31-30-17)22-10-12-26-24(14-22)25-15-23(29-19(3)32-33-20(29)4)11-13-27(25)34(26)16-21-8-6-5-7-9-21/h5-15H,16H2,1-4H3,(H,30,31)(H,32,33). The fraction of sp³-hybridized carbons (Fsp3) is 0.172. The number of rotatable bonds is 4. The number of aryl methyl sites for hydroxylation is 4. The lowest BCUT2D eigenvalue weighted by Crippen LogP contribution is -1.99. The Bertz CT molecular complexity index is 1520. The molecule has 0 aliphatic heterocycles. The van der Waals surface area contributed by atoms with E-state index < -0.39 is 0 Å². The van der Waals surface area contributed by atoms with Crippen LogP contribution in [0, 0.1) is 27.7 Å². The number of hydrogen-bond donors (Lipinski definition) is 2. The molecule has 5 nitrogen and oxygen atoms in total. The summed E-state index contributed by atoms with van der Waals surface area (Å²) in [7, 11) is 0. The van der Waals surface area contributed by atoms with Gasteiger partial charge in [-0.1, -0.05) is 42.5 Å². The average Bonchev–Trinajstić information content (AvgIpc) is 3.47. The van der Waals surface area contributed by atoms with Gasteiger partial charge in [0.1, 0.15) is 0 Å². The first-order valence-corrected chi connectivity index (χ1v) is 11.6. The molecule has 3 aromatic heterocycles. The first-order chi connectivity index (χ1) is 16.5. The van der Waals surface area contributed by atoms with Crippen molar-refractivity contribution < 1.29 is 0 Å². The number of H-pyrrole nitrogens is 2. The molecule has 5 heteroatoms. The van der Waals surface area contributed by atoms with Crippen LogP contribution in [0.25, 0.3) is 44.1 Å². The molecule has 0 atom stereocenters. The molecule has 0 aliphatic rings. The van der Waals surface area contributed by atoms with E-state index >= 15 is 0 Å². The predicted octanol–water partition coefficient (Wildman–Crippen LogP) is 6.86. The number of fused-ring (bicyclic) bond motifs is 3. The topological polar surface area (TPSA) is 62.3 Å². The summed E-state index contributed by atoms with van der Waals surface area (Å²) in [6.45, 7) is 9.11. The van der Waals surface area contributed by atoms with Gasteiger partial charge in [-0.3, -0.25) is 10.2 Å². The van der Waals surface area contributed by atoms with E-state index in [2.05, 4.69) is 119 Å². The maximum atomic E-state index is 4.42. The lowest BCUT2D eigenvalue weighted by atomic mass is 9.99. The predicted molar refractivity (Wildman–Crippen MR) is 139 cm³/mol. The fourth-order valence-electron chi connectivity index (χ4n) is 5.30. The second kappa shape index (κ2) is 7.73. The van der Waals surface area contributed by atoms with E-state index in [-0.39, 0.29) is 0 Å². The van der Waals surface area contributed by atoms with Crippen LogP contribution in [0.15, 0.2) is 66.7 Å². The minimum atomic E-state index is 0.826. The highest BCUT2D eigenvalue weighted by Gasteiger charge is 2.17. The molecule has 0 saturated carbocycles. The molecule has 6 aromatic rings. The molecule has 3 aromatic carbocycles. The van der Waals surface area contributed by atoms with E-state index in [1.54, 1.807) is 0 Å². The lowest BCUT2D eigenvalue weighted by molar-refractivity contribution is 0.869. The van der Waals surface area contributed by atoms with Gasteiger partial charge in [-0.05, 0) is 68.7 Å². The number of aromatic nitrogens is 5. The first kappa shape index (κ1) is 20.5. The zero-order valence-corrected chi connectivity index (χ0v) is 19.9. The third-order valence-corrected chi connectivity index (χ3v) is 6.88. The van der Waals surface area contributed by atoms with Crippen molar-refractivity contribution in [1.29, 1.82) is 0 Å². The third kappa shape index (κ3) is 3.16. The quantitative estimate of drug-likeness (QED) is 0.311.